The van der Waals surface area contributed by atoms with Crippen molar-refractivity contribution in [3.63, 3.8) is 0 Å². The van der Waals surface area contributed by atoms with E-state index in [9.17, 15) is 9.18 Å². The molecule has 0 radical (unpaired) electrons. The SMILES string of the molecule is CN1CCN(c2ccnc(C(=O)N3CCN(c4ccc(F)cc4)CC3)c2)CC1. The van der Waals surface area contributed by atoms with E-state index >= 15 is 0 Å². The highest BCUT2D eigenvalue weighted by molar-refractivity contribution is 5.93. The number of piperazine rings is 2. The van der Waals surface area contributed by atoms with Gasteiger partial charge in [-0.1, -0.05) is 0 Å². The van der Waals surface area contributed by atoms with Gasteiger partial charge < -0.3 is 19.6 Å². The van der Waals surface area contributed by atoms with Crippen molar-refractivity contribution >= 4 is 17.3 Å². The van der Waals surface area contributed by atoms with Gasteiger partial charge in [0, 0.05) is 69.9 Å². The van der Waals surface area contributed by atoms with Crippen molar-refractivity contribution in [3.05, 3.63) is 54.1 Å². The summed E-state index contributed by atoms with van der Waals surface area (Å²) in [6.07, 6.45) is 1.73. The number of carbonyl (C=O) groups is 1. The van der Waals surface area contributed by atoms with E-state index in [-0.39, 0.29) is 11.7 Å². The smallest absolute Gasteiger partial charge is 0.272 e. The fourth-order valence-corrected chi connectivity index (χ4v) is 3.78. The summed E-state index contributed by atoms with van der Waals surface area (Å²) >= 11 is 0. The third kappa shape index (κ3) is 4.09. The average Bonchev–Trinajstić information content (AvgIpc) is 2.74. The second-order valence-electron chi connectivity index (χ2n) is 7.45. The molecule has 0 unspecified atom stereocenters. The number of halogens is 1. The zero-order chi connectivity index (χ0) is 19.5. The molecule has 2 fully saturated rings. The maximum Gasteiger partial charge on any atom is 0.272 e. The highest BCUT2D eigenvalue weighted by atomic mass is 19.1. The van der Waals surface area contributed by atoms with E-state index in [1.165, 1.54) is 12.1 Å². The van der Waals surface area contributed by atoms with Gasteiger partial charge in [0.2, 0.25) is 0 Å². The number of anilines is 2. The minimum Gasteiger partial charge on any atom is -0.369 e. The molecule has 0 saturated carbocycles. The standard InChI is InChI=1S/C21H26FN5O/c1-24-8-10-26(11-9-24)19-6-7-23-20(16-19)21(28)27-14-12-25(13-15-27)18-4-2-17(22)3-5-18/h2-7,16H,8-15H2,1H3. The van der Waals surface area contributed by atoms with Crippen molar-refractivity contribution in [3.8, 4) is 0 Å². The molecule has 4 rings (SSSR count). The van der Waals surface area contributed by atoms with E-state index < -0.39 is 0 Å². The first-order chi connectivity index (χ1) is 13.6. The Bertz CT molecular complexity index is 812. The second-order valence-corrected chi connectivity index (χ2v) is 7.45. The van der Waals surface area contributed by atoms with Gasteiger partial charge in [-0.3, -0.25) is 9.78 Å². The van der Waals surface area contributed by atoms with Crippen LogP contribution >= 0.6 is 0 Å². The average molecular weight is 383 g/mol. The Morgan fingerprint density at radius 1 is 0.857 bits per heavy atom. The van der Waals surface area contributed by atoms with Crippen LogP contribution in [0.25, 0.3) is 0 Å². The number of aromatic nitrogens is 1. The Balaban J connectivity index is 1.38. The van der Waals surface area contributed by atoms with Crippen LogP contribution in [0, 0.1) is 5.82 Å². The Hall–Kier alpha value is -2.67. The number of likely N-dealkylation sites (N-methyl/N-ethyl adjacent to an activating group) is 1. The number of rotatable bonds is 3. The molecule has 2 aliphatic heterocycles. The molecule has 2 saturated heterocycles. The minimum absolute atomic E-state index is 0.0188. The lowest BCUT2D eigenvalue weighted by molar-refractivity contribution is 0.0741. The van der Waals surface area contributed by atoms with Crippen LogP contribution in [-0.2, 0) is 0 Å². The molecule has 7 heteroatoms. The molecule has 2 aliphatic rings. The fourth-order valence-electron chi connectivity index (χ4n) is 3.78. The highest BCUT2D eigenvalue weighted by Gasteiger charge is 2.24. The Kier molecular flexibility index (Phi) is 5.43. The zero-order valence-corrected chi connectivity index (χ0v) is 16.2. The van der Waals surface area contributed by atoms with E-state index in [0.29, 0.717) is 18.8 Å². The predicted octanol–water partition coefficient (Wildman–Crippen LogP) is 1.93. The third-order valence-corrected chi connectivity index (χ3v) is 5.59. The van der Waals surface area contributed by atoms with Gasteiger partial charge in [0.05, 0.1) is 0 Å². The summed E-state index contributed by atoms with van der Waals surface area (Å²) in [5.41, 5.74) is 2.56. The molecule has 1 amide bonds. The number of hydrogen-bond acceptors (Lipinski definition) is 5. The molecule has 1 aromatic carbocycles. The molecule has 0 aliphatic carbocycles. The monoisotopic (exact) mass is 383 g/mol. The topological polar surface area (TPSA) is 42.9 Å². The van der Waals surface area contributed by atoms with E-state index in [2.05, 4.69) is 26.7 Å². The molecule has 1 aromatic heterocycles. The van der Waals surface area contributed by atoms with Crippen LogP contribution in [-0.4, -0.2) is 80.1 Å². The first-order valence-electron chi connectivity index (χ1n) is 9.79. The number of amides is 1. The van der Waals surface area contributed by atoms with E-state index in [4.69, 9.17) is 0 Å². The molecule has 0 spiro atoms. The number of hydrogen-bond donors (Lipinski definition) is 0. The van der Waals surface area contributed by atoms with Gasteiger partial charge in [-0.05, 0) is 43.4 Å². The van der Waals surface area contributed by atoms with Gasteiger partial charge >= 0.3 is 0 Å². The first kappa shape index (κ1) is 18.7. The van der Waals surface area contributed by atoms with Crippen molar-refractivity contribution in [1.29, 1.82) is 0 Å². The maximum atomic E-state index is 13.1. The summed E-state index contributed by atoms with van der Waals surface area (Å²) in [5, 5.41) is 0. The van der Waals surface area contributed by atoms with Crippen LogP contribution in [0.5, 0.6) is 0 Å². The summed E-state index contributed by atoms with van der Waals surface area (Å²) < 4.78 is 13.1. The molecule has 2 aromatic rings. The summed E-state index contributed by atoms with van der Waals surface area (Å²) in [6.45, 7) is 6.71. The van der Waals surface area contributed by atoms with Crippen LogP contribution in [0.2, 0.25) is 0 Å². The first-order valence-corrected chi connectivity index (χ1v) is 9.79. The fraction of sp³-hybridized carbons (Fsp3) is 0.429. The van der Waals surface area contributed by atoms with Crippen molar-refractivity contribution in [2.24, 2.45) is 0 Å². The maximum absolute atomic E-state index is 13.1. The van der Waals surface area contributed by atoms with Crippen molar-refractivity contribution in [2.75, 3.05) is 69.2 Å². The quantitative estimate of drug-likeness (QED) is 0.810. The third-order valence-electron chi connectivity index (χ3n) is 5.59. The lowest BCUT2D eigenvalue weighted by Gasteiger charge is -2.36. The second kappa shape index (κ2) is 8.14. The number of carbonyl (C=O) groups excluding carboxylic acids is 1. The predicted molar refractivity (Wildman–Crippen MR) is 108 cm³/mol. The minimum atomic E-state index is -0.233. The lowest BCUT2D eigenvalue weighted by atomic mass is 10.2. The van der Waals surface area contributed by atoms with Crippen LogP contribution in [0.4, 0.5) is 15.8 Å². The highest BCUT2D eigenvalue weighted by Crippen LogP contribution is 2.20. The van der Waals surface area contributed by atoms with Gasteiger partial charge in [0.1, 0.15) is 11.5 Å². The summed E-state index contributed by atoms with van der Waals surface area (Å²) in [7, 11) is 2.13. The molecule has 0 atom stereocenters. The molecule has 3 heterocycles. The van der Waals surface area contributed by atoms with Gasteiger partial charge in [-0.15, -0.1) is 0 Å². The van der Waals surface area contributed by atoms with Crippen LogP contribution in [0.15, 0.2) is 42.6 Å². The van der Waals surface area contributed by atoms with Gasteiger partial charge in [-0.2, -0.15) is 0 Å². The summed E-state index contributed by atoms with van der Waals surface area (Å²) in [5.74, 6) is -0.251. The summed E-state index contributed by atoms with van der Waals surface area (Å²) in [4.78, 5) is 25.9. The molecule has 28 heavy (non-hydrogen) atoms. The van der Waals surface area contributed by atoms with Crippen LogP contribution in [0.1, 0.15) is 10.5 Å². The molecule has 0 bridgehead atoms. The van der Waals surface area contributed by atoms with Crippen LogP contribution < -0.4 is 9.80 Å². The van der Waals surface area contributed by atoms with Crippen molar-refractivity contribution in [2.45, 2.75) is 0 Å². The number of nitrogens with zero attached hydrogens (tertiary/aromatic N) is 5. The molecule has 148 valence electrons. The Labute approximate surface area is 165 Å². The van der Waals surface area contributed by atoms with E-state index in [1.54, 1.807) is 18.3 Å². The van der Waals surface area contributed by atoms with Crippen molar-refractivity contribution < 1.29 is 9.18 Å². The number of pyridine rings is 1. The Morgan fingerprint density at radius 3 is 2.14 bits per heavy atom. The van der Waals surface area contributed by atoms with Gasteiger partial charge in [-0.25, -0.2) is 4.39 Å². The molecule has 0 N–H and O–H groups in total. The van der Waals surface area contributed by atoms with Gasteiger partial charge in [0.15, 0.2) is 0 Å². The normalized spacial score (nSPS) is 18.4. The van der Waals surface area contributed by atoms with Crippen molar-refractivity contribution in [1.82, 2.24) is 14.8 Å². The molecular weight excluding hydrogens is 357 g/mol. The zero-order valence-electron chi connectivity index (χ0n) is 16.2. The van der Waals surface area contributed by atoms with Crippen LogP contribution in [0.3, 0.4) is 0 Å². The van der Waals surface area contributed by atoms with E-state index in [1.807, 2.05) is 17.0 Å². The largest absolute Gasteiger partial charge is 0.369 e. The van der Waals surface area contributed by atoms with Gasteiger partial charge in [0.25, 0.3) is 5.91 Å². The number of benzene rings is 1. The van der Waals surface area contributed by atoms with E-state index in [0.717, 1.165) is 50.6 Å². The molecule has 6 nitrogen and oxygen atoms in total. The Morgan fingerprint density at radius 2 is 1.46 bits per heavy atom. The summed E-state index contributed by atoms with van der Waals surface area (Å²) in [6, 6.07) is 10.4. The molecular formula is C21H26FN5O. The lowest BCUT2D eigenvalue weighted by Crippen LogP contribution is -2.49.